The second-order valence-electron chi connectivity index (χ2n) is 10.5. The van der Waals surface area contributed by atoms with Crippen molar-refractivity contribution >= 4 is 0 Å². The van der Waals surface area contributed by atoms with Crippen LogP contribution in [0.1, 0.15) is 72.1 Å². The van der Waals surface area contributed by atoms with E-state index in [0.29, 0.717) is 35.5 Å². The summed E-state index contributed by atoms with van der Waals surface area (Å²) in [6, 6.07) is 0. The molecular weight excluding hydrogens is 349 g/mol. The molecule has 0 amide bonds. The third-order valence-corrected chi connectivity index (χ3v) is 9.29. The smallest absolute Gasteiger partial charge is 0.380 e. The minimum Gasteiger partial charge on any atom is -0.380 e. The van der Waals surface area contributed by atoms with E-state index in [1.807, 2.05) is 0 Å². The Morgan fingerprint density at radius 1 is 1.11 bits per heavy atom. The quantitative estimate of drug-likeness (QED) is 0.518. The Hall–Kier alpha value is -0.770. The lowest BCUT2D eigenvalue weighted by atomic mass is 9.46. The number of rotatable bonds is 1. The summed E-state index contributed by atoms with van der Waals surface area (Å²) in [7, 11) is 0. The first-order valence-electron chi connectivity index (χ1n) is 10.6. The maximum Gasteiger partial charge on any atom is 0.417 e. The van der Waals surface area contributed by atoms with Crippen LogP contribution in [-0.2, 0) is 0 Å². The van der Waals surface area contributed by atoms with Crippen molar-refractivity contribution in [2.45, 2.75) is 83.9 Å². The van der Waals surface area contributed by atoms with Gasteiger partial charge < -0.3 is 5.11 Å². The second kappa shape index (κ2) is 5.87. The highest BCUT2D eigenvalue weighted by atomic mass is 19.4. The molecule has 0 heterocycles. The summed E-state index contributed by atoms with van der Waals surface area (Å²) < 4.78 is 40.2. The molecule has 27 heavy (non-hydrogen) atoms. The number of aliphatic hydroxyl groups is 1. The molecular formula is C23H33F3O. The topological polar surface area (TPSA) is 20.2 Å². The van der Waals surface area contributed by atoms with E-state index in [1.54, 1.807) is 0 Å². The van der Waals surface area contributed by atoms with Gasteiger partial charge in [-0.1, -0.05) is 37.6 Å². The van der Waals surface area contributed by atoms with Crippen LogP contribution in [0.25, 0.3) is 0 Å². The van der Waals surface area contributed by atoms with Crippen molar-refractivity contribution in [2.24, 2.45) is 34.5 Å². The van der Waals surface area contributed by atoms with Gasteiger partial charge >= 0.3 is 6.18 Å². The molecule has 1 nitrogen and oxygen atoms in total. The maximum atomic E-state index is 13.4. The van der Waals surface area contributed by atoms with Crippen molar-refractivity contribution in [2.75, 3.05) is 0 Å². The van der Waals surface area contributed by atoms with Crippen LogP contribution in [0, 0.1) is 34.5 Å². The van der Waals surface area contributed by atoms with E-state index in [2.05, 4.69) is 33.4 Å². The van der Waals surface area contributed by atoms with Crippen LogP contribution in [-0.4, -0.2) is 16.9 Å². The fourth-order valence-electron chi connectivity index (χ4n) is 7.70. The van der Waals surface area contributed by atoms with Gasteiger partial charge in [-0.25, -0.2) is 0 Å². The predicted molar refractivity (Wildman–Crippen MR) is 101 cm³/mol. The third kappa shape index (κ3) is 2.61. The minimum absolute atomic E-state index is 0.163. The monoisotopic (exact) mass is 382 g/mol. The van der Waals surface area contributed by atoms with E-state index in [9.17, 15) is 18.3 Å². The molecule has 4 heteroatoms. The van der Waals surface area contributed by atoms with Gasteiger partial charge in [0, 0.05) is 6.42 Å². The first-order valence-corrected chi connectivity index (χ1v) is 10.6. The van der Waals surface area contributed by atoms with Crippen LogP contribution in [0.2, 0.25) is 0 Å². The van der Waals surface area contributed by atoms with Gasteiger partial charge in [-0.05, 0) is 86.4 Å². The largest absolute Gasteiger partial charge is 0.417 e. The molecule has 0 aromatic rings. The normalized spacial score (nSPS) is 49.7. The van der Waals surface area contributed by atoms with E-state index in [0.717, 1.165) is 24.8 Å². The van der Waals surface area contributed by atoms with E-state index in [1.165, 1.54) is 18.4 Å². The summed E-state index contributed by atoms with van der Waals surface area (Å²) in [6.07, 6.45) is 3.16. The first kappa shape index (κ1) is 19.5. The molecule has 0 bridgehead atoms. The van der Waals surface area contributed by atoms with Crippen molar-refractivity contribution in [1.29, 1.82) is 0 Å². The van der Waals surface area contributed by atoms with Crippen LogP contribution in [0.4, 0.5) is 13.2 Å². The van der Waals surface area contributed by atoms with Crippen molar-refractivity contribution in [3.05, 3.63) is 23.8 Å². The van der Waals surface area contributed by atoms with E-state index >= 15 is 0 Å². The molecule has 7 atom stereocenters. The van der Waals surface area contributed by atoms with E-state index in [4.69, 9.17) is 0 Å². The molecule has 0 radical (unpaired) electrons. The molecule has 4 aliphatic carbocycles. The lowest BCUT2D eigenvalue weighted by Crippen LogP contribution is -2.55. The molecule has 1 N–H and O–H groups in total. The summed E-state index contributed by atoms with van der Waals surface area (Å²) in [5, 5.41) is 10.3. The average molecular weight is 383 g/mol. The molecule has 3 fully saturated rings. The highest BCUT2D eigenvalue weighted by molar-refractivity contribution is 5.28. The highest BCUT2D eigenvalue weighted by Gasteiger charge is 2.63. The van der Waals surface area contributed by atoms with Crippen LogP contribution in [0.15, 0.2) is 23.8 Å². The number of halogens is 3. The van der Waals surface area contributed by atoms with Gasteiger partial charge in [-0.2, -0.15) is 13.2 Å². The summed E-state index contributed by atoms with van der Waals surface area (Å²) in [5.74, 6) is 2.26. The molecule has 0 aromatic heterocycles. The van der Waals surface area contributed by atoms with Gasteiger partial charge in [-0.3, -0.25) is 0 Å². The van der Waals surface area contributed by atoms with Gasteiger partial charge in [0.05, 0.1) is 0 Å². The minimum atomic E-state index is -4.54. The van der Waals surface area contributed by atoms with Gasteiger partial charge in [0.2, 0.25) is 0 Å². The fourth-order valence-corrected chi connectivity index (χ4v) is 7.70. The van der Waals surface area contributed by atoms with Crippen LogP contribution < -0.4 is 0 Å². The SMILES string of the molecule is C=C(C)[C@H]1CCC2[C@@H]3CC=C4C[C@](O)(C(F)(F)F)CC[C@]4(C)C3CC[C@@]21C. The summed E-state index contributed by atoms with van der Waals surface area (Å²) in [6.45, 7) is 11.0. The third-order valence-electron chi connectivity index (χ3n) is 9.29. The van der Waals surface area contributed by atoms with Crippen LogP contribution in [0.5, 0.6) is 0 Å². The molecule has 0 aromatic carbocycles. The Morgan fingerprint density at radius 3 is 2.44 bits per heavy atom. The Morgan fingerprint density at radius 2 is 1.81 bits per heavy atom. The van der Waals surface area contributed by atoms with E-state index < -0.39 is 11.8 Å². The van der Waals surface area contributed by atoms with Gasteiger partial charge in [0.1, 0.15) is 0 Å². The Balaban J connectivity index is 1.64. The van der Waals surface area contributed by atoms with Crippen molar-refractivity contribution in [3.63, 3.8) is 0 Å². The number of hydrogen-bond donors (Lipinski definition) is 1. The maximum absolute atomic E-state index is 13.4. The Bertz CT molecular complexity index is 680. The zero-order valence-electron chi connectivity index (χ0n) is 16.8. The molecule has 2 unspecified atom stereocenters. The zero-order valence-corrected chi connectivity index (χ0v) is 16.8. The Kier molecular flexibility index (Phi) is 4.25. The summed E-state index contributed by atoms with van der Waals surface area (Å²) >= 11 is 0. The van der Waals surface area contributed by atoms with Crippen molar-refractivity contribution in [3.8, 4) is 0 Å². The molecule has 4 rings (SSSR count). The van der Waals surface area contributed by atoms with Gasteiger partial charge in [0.25, 0.3) is 0 Å². The standard InChI is InChI=1S/C23H33F3O/c1-14(2)17-7-8-18-16-6-5-15-13-22(27,23(24,25)26)12-11-20(15,3)19(16)9-10-21(17,18)4/h5,16-19,27H,1,6-13H2,2-4H3/t16-,17+,18?,19?,20-,21+,22-/m0/s1. The molecule has 152 valence electrons. The van der Waals surface area contributed by atoms with Gasteiger partial charge in [-0.15, -0.1) is 0 Å². The molecule has 4 aliphatic rings. The van der Waals surface area contributed by atoms with Crippen molar-refractivity contribution < 1.29 is 18.3 Å². The summed E-state index contributed by atoms with van der Waals surface area (Å²) in [5.41, 5.74) is -0.246. The number of fused-ring (bicyclic) bond motifs is 5. The number of allylic oxidation sites excluding steroid dienone is 2. The predicted octanol–water partition coefficient (Wildman–Crippen LogP) is 6.43. The molecule has 0 aliphatic heterocycles. The molecule has 3 saturated carbocycles. The second-order valence-corrected chi connectivity index (χ2v) is 10.5. The van der Waals surface area contributed by atoms with Crippen molar-refractivity contribution in [1.82, 2.24) is 0 Å². The zero-order chi connectivity index (χ0) is 19.8. The lowest BCUT2D eigenvalue weighted by Gasteiger charge is -2.59. The van der Waals surface area contributed by atoms with Gasteiger partial charge in [0.15, 0.2) is 5.60 Å². The number of alkyl halides is 3. The Labute approximate surface area is 161 Å². The van der Waals surface area contributed by atoms with Crippen LogP contribution >= 0.6 is 0 Å². The summed E-state index contributed by atoms with van der Waals surface area (Å²) in [4.78, 5) is 0. The fraction of sp³-hybridized carbons (Fsp3) is 0.826. The highest BCUT2D eigenvalue weighted by Crippen LogP contribution is 2.68. The van der Waals surface area contributed by atoms with E-state index in [-0.39, 0.29) is 18.3 Å². The lowest BCUT2D eigenvalue weighted by molar-refractivity contribution is -0.271. The molecule has 0 saturated heterocycles. The number of hydrogen-bond acceptors (Lipinski definition) is 1. The van der Waals surface area contributed by atoms with Crippen LogP contribution in [0.3, 0.4) is 0 Å². The molecule has 0 spiro atoms. The first-order chi connectivity index (χ1) is 12.4. The average Bonchev–Trinajstić information content (AvgIpc) is 2.92.